The number of likely N-dealkylation sites (N-methyl/N-ethyl adjacent to an activating group) is 1. The standard InChI is InChI=1S/C16H20ClN3O/c1-2-20(15-7-8-18-9-15)10-14-11-21-16(19-14)12-3-5-13(17)6-4-12/h3-6,11,15,18H,2,7-10H2,1H3. The van der Waals surface area contributed by atoms with E-state index in [9.17, 15) is 0 Å². The summed E-state index contributed by atoms with van der Waals surface area (Å²) < 4.78 is 5.60. The van der Waals surface area contributed by atoms with Crippen molar-refractivity contribution < 1.29 is 4.42 Å². The minimum absolute atomic E-state index is 0.602. The number of nitrogens with zero attached hydrogens (tertiary/aromatic N) is 2. The molecule has 4 nitrogen and oxygen atoms in total. The van der Waals surface area contributed by atoms with Gasteiger partial charge in [0.2, 0.25) is 5.89 Å². The molecule has 0 amide bonds. The molecule has 3 rings (SSSR count). The maximum Gasteiger partial charge on any atom is 0.226 e. The Bertz CT molecular complexity index is 575. The van der Waals surface area contributed by atoms with E-state index in [-0.39, 0.29) is 0 Å². The Kier molecular flexibility index (Phi) is 4.58. The average Bonchev–Trinajstić information content (AvgIpc) is 3.17. The number of aromatic nitrogens is 1. The molecule has 2 aromatic rings. The molecular weight excluding hydrogens is 286 g/mol. The van der Waals surface area contributed by atoms with Gasteiger partial charge in [0.05, 0.1) is 5.69 Å². The normalized spacial score (nSPS) is 18.5. The lowest BCUT2D eigenvalue weighted by molar-refractivity contribution is 0.208. The topological polar surface area (TPSA) is 41.3 Å². The Morgan fingerprint density at radius 2 is 2.19 bits per heavy atom. The maximum absolute atomic E-state index is 5.90. The van der Waals surface area contributed by atoms with E-state index in [1.54, 1.807) is 6.26 Å². The predicted molar refractivity (Wildman–Crippen MR) is 84.3 cm³/mol. The van der Waals surface area contributed by atoms with Crippen LogP contribution in [-0.2, 0) is 6.54 Å². The van der Waals surface area contributed by atoms with E-state index in [2.05, 4.69) is 22.1 Å². The van der Waals surface area contributed by atoms with E-state index in [1.165, 1.54) is 6.42 Å². The van der Waals surface area contributed by atoms with Gasteiger partial charge in [-0.2, -0.15) is 0 Å². The molecule has 1 aromatic carbocycles. The third kappa shape index (κ3) is 3.46. The minimum atomic E-state index is 0.602. The molecule has 1 aliphatic rings. The van der Waals surface area contributed by atoms with Crippen molar-refractivity contribution in [1.82, 2.24) is 15.2 Å². The fourth-order valence-electron chi connectivity index (χ4n) is 2.76. The Balaban J connectivity index is 1.70. The summed E-state index contributed by atoms with van der Waals surface area (Å²) in [6.07, 6.45) is 2.96. The van der Waals surface area contributed by atoms with Crippen LogP contribution >= 0.6 is 11.6 Å². The average molecular weight is 306 g/mol. The zero-order chi connectivity index (χ0) is 14.7. The van der Waals surface area contributed by atoms with Crippen LogP contribution < -0.4 is 5.32 Å². The van der Waals surface area contributed by atoms with Gasteiger partial charge in [0, 0.05) is 29.7 Å². The van der Waals surface area contributed by atoms with E-state index in [1.807, 2.05) is 24.3 Å². The maximum atomic E-state index is 5.90. The van der Waals surface area contributed by atoms with Crippen LogP contribution in [0.25, 0.3) is 11.5 Å². The Hall–Kier alpha value is -1.36. The van der Waals surface area contributed by atoms with E-state index < -0.39 is 0 Å². The summed E-state index contributed by atoms with van der Waals surface area (Å²) in [6, 6.07) is 8.16. The number of nitrogens with one attached hydrogen (secondary N) is 1. The molecule has 0 bridgehead atoms. The molecule has 5 heteroatoms. The smallest absolute Gasteiger partial charge is 0.226 e. The summed E-state index contributed by atoms with van der Waals surface area (Å²) in [6.45, 7) is 6.22. The van der Waals surface area contributed by atoms with Crippen LogP contribution in [0, 0.1) is 0 Å². The monoisotopic (exact) mass is 305 g/mol. The quantitative estimate of drug-likeness (QED) is 0.921. The molecular formula is C16H20ClN3O. The first-order chi connectivity index (χ1) is 10.3. The number of halogens is 1. The highest BCUT2D eigenvalue weighted by Crippen LogP contribution is 2.22. The lowest BCUT2D eigenvalue weighted by atomic mass is 10.2. The molecule has 1 aromatic heterocycles. The minimum Gasteiger partial charge on any atom is -0.444 e. The number of benzene rings is 1. The number of rotatable bonds is 5. The molecule has 0 saturated carbocycles. The lowest BCUT2D eigenvalue weighted by Crippen LogP contribution is -2.36. The van der Waals surface area contributed by atoms with Crippen LogP contribution in [0.3, 0.4) is 0 Å². The Morgan fingerprint density at radius 1 is 1.38 bits per heavy atom. The third-order valence-corrected chi connectivity index (χ3v) is 4.22. The van der Waals surface area contributed by atoms with Crippen LogP contribution in [0.5, 0.6) is 0 Å². The highest BCUT2D eigenvalue weighted by molar-refractivity contribution is 6.30. The van der Waals surface area contributed by atoms with Gasteiger partial charge in [-0.15, -0.1) is 0 Å². The van der Waals surface area contributed by atoms with Crippen molar-refractivity contribution in [3.05, 3.63) is 41.2 Å². The SMILES string of the molecule is CCN(Cc1coc(-c2ccc(Cl)cc2)n1)C1CCNC1. The summed E-state index contributed by atoms with van der Waals surface area (Å²) in [5.41, 5.74) is 1.94. The number of hydrogen-bond acceptors (Lipinski definition) is 4. The zero-order valence-electron chi connectivity index (χ0n) is 12.2. The number of oxazole rings is 1. The predicted octanol–water partition coefficient (Wildman–Crippen LogP) is 3.18. The molecule has 1 N–H and O–H groups in total. The van der Waals surface area contributed by atoms with Crippen molar-refractivity contribution in [2.45, 2.75) is 25.9 Å². The molecule has 1 fully saturated rings. The molecule has 1 saturated heterocycles. The van der Waals surface area contributed by atoms with Gasteiger partial charge in [0.1, 0.15) is 6.26 Å². The van der Waals surface area contributed by atoms with Crippen LogP contribution in [0.4, 0.5) is 0 Å². The van der Waals surface area contributed by atoms with Crippen LogP contribution in [0.2, 0.25) is 5.02 Å². The van der Waals surface area contributed by atoms with Crippen molar-refractivity contribution >= 4 is 11.6 Å². The second kappa shape index (κ2) is 6.60. The second-order valence-corrected chi connectivity index (χ2v) is 5.80. The molecule has 1 atom stereocenters. The van der Waals surface area contributed by atoms with Gasteiger partial charge in [-0.05, 0) is 43.8 Å². The van der Waals surface area contributed by atoms with Gasteiger partial charge in [-0.1, -0.05) is 18.5 Å². The third-order valence-electron chi connectivity index (χ3n) is 3.96. The summed E-state index contributed by atoms with van der Waals surface area (Å²) in [5, 5.41) is 4.13. The molecule has 0 radical (unpaired) electrons. The summed E-state index contributed by atoms with van der Waals surface area (Å²) in [4.78, 5) is 7.05. The van der Waals surface area contributed by atoms with Gasteiger partial charge in [0.15, 0.2) is 0 Å². The van der Waals surface area contributed by atoms with Crippen LogP contribution in [0.15, 0.2) is 34.9 Å². The van der Waals surface area contributed by atoms with Crippen molar-refractivity contribution in [2.75, 3.05) is 19.6 Å². The first-order valence-electron chi connectivity index (χ1n) is 7.41. The molecule has 1 aliphatic heterocycles. The summed E-state index contributed by atoms with van der Waals surface area (Å²) >= 11 is 5.90. The Labute approximate surface area is 130 Å². The Morgan fingerprint density at radius 3 is 2.86 bits per heavy atom. The molecule has 1 unspecified atom stereocenters. The van der Waals surface area contributed by atoms with E-state index in [4.69, 9.17) is 16.0 Å². The van der Waals surface area contributed by atoms with Crippen molar-refractivity contribution in [3.8, 4) is 11.5 Å². The van der Waals surface area contributed by atoms with E-state index >= 15 is 0 Å². The largest absolute Gasteiger partial charge is 0.444 e. The van der Waals surface area contributed by atoms with Gasteiger partial charge in [-0.3, -0.25) is 4.90 Å². The summed E-state index contributed by atoms with van der Waals surface area (Å²) in [7, 11) is 0. The summed E-state index contributed by atoms with van der Waals surface area (Å²) in [5.74, 6) is 0.655. The van der Waals surface area contributed by atoms with Gasteiger partial charge in [0.25, 0.3) is 0 Å². The first-order valence-corrected chi connectivity index (χ1v) is 7.79. The van der Waals surface area contributed by atoms with Crippen molar-refractivity contribution in [1.29, 1.82) is 0 Å². The lowest BCUT2D eigenvalue weighted by Gasteiger charge is -2.25. The van der Waals surface area contributed by atoms with E-state index in [0.717, 1.165) is 42.5 Å². The fourth-order valence-corrected chi connectivity index (χ4v) is 2.89. The molecule has 112 valence electrons. The highest BCUT2D eigenvalue weighted by Gasteiger charge is 2.22. The van der Waals surface area contributed by atoms with Crippen LogP contribution in [-0.4, -0.2) is 35.6 Å². The van der Waals surface area contributed by atoms with Crippen molar-refractivity contribution in [2.24, 2.45) is 0 Å². The molecule has 0 aliphatic carbocycles. The number of hydrogen-bond donors (Lipinski definition) is 1. The fraction of sp³-hybridized carbons (Fsp3) is 0.438. The zero-order valence-corrected chi connectivity index (χ0v) is 12.9. The molecule has 0 spiro atoms. The van der Waals surface area contributed by atoms with Gasteiger partial charge >= 0.3 is 0 Å². The highest BCUT2D eigenvalue weighted by atomic mass is 35.5. The van der Waals surface area contributed by atoms with Crippen molar-refractivity contribution in [3.63, 3.8) is 0 Å². The molecule has 2 heterocycles. The van der Waals surface area contributed by atoms with Crippen LogP contribution in [0.1, 0.15) is 19.0 Å². The molecule has 21 heavy (non-hydrogen) atoms. The van der Waals surface area contributed by atoms with Gasteiger partial charge < -0.3 is 9.73 Å². The van der Waals surface area contributed by atoms with E-state index in [0.29, 0.717) is 11.9 Å². The first kappa shape index (κ1) is 14.6. The second-order valence-electron chi connectivity index (χ2n) is 5.36. The van der Waals surface area contributed by atoms with Gasteiger partial charge in [-0.25, -0.2) is 4.98 Å².